The van der Waals surface area contributed by atoms with E-state index in [2.05, 4.69) is 31.1 Å². The predicted molar refractivity (Wildman–Crippen MR) is 121 cm³/mol. The highest BCUT2D eigenvalue weighted by Crippen LogP contribution is 2.23. The van der Waals surface area contributed by atoms with Crippen molar-refractivity contribution in [3.05, 3.63) is 94.9 Å². The molecule has 0 saturated carbocycles. The van der Waals surface area contributed by atoms with Gasteiger partial charge < -0.3 is 9.73 Å². The summed E-state index contributed by atoms with van der Waals surface area (Å²) < 4.78 is 5.83. The lowest BCUT2D eigenvalue weighted by Crippen LogP contribution is -2.14. The number of benzene rings is 3. The number of nitrogens with zero attached hydrogens (tertiary/aromatic N) is 1. The molecular weight excluding hydrogens is 372 g/mol. The van der Waals surface area contributed by atoms with E-state index in [1.807, 2.05) is 73.7 Å². The summed E-state index contributed by atoms with van der Waals surface area (Å²) in [5, 5.41) is 2.96. The van der Waals surface area contributed by atoms with E-state index in [1.54, 1.807) is 0 Å². The zero-order chi connectivity index (χ0) is 21.3. The Morgan fingerprint density at radius 1 is 0.967 bits per heavy atom. The van der Waals surface area contributed by atoms with Crippen molar-refractivity contribution >= 4 is 22.7 Å². The maximum atomic E-state index is 12.5. The van der Waals surface area contributed by atoms with E-state index in [4.69, 9.17) is 4.42 Å². The van der Waals surface area contributed by atoms with Crippen LogP contribution in [0.25, 0.3) is 11.1 Å². The van der Waals surface area contributed by atoms with Crippen LogP contribution in [0.4, 0.5) is 5.69 Å². The second-order valence-corrected chi connectivity index (χ2v) is 8.73. The molecule has 1 amide bonds. The molecule has 1 heterocycles. The van der Waals surface area contributed by atoms with Crippen LogP contribution in [-0.4, -0.2) is 10.9 Å². The molecule has 0 spiro atoms. The molecule has 4 rings (SSSR count). The van der Waals surface area contributed by atoms with Gasteiger partial charge in [0.15, 0.2) is 11.5 Å². The number of carbonyl (C=O) groups excluding carboxylic acids is 1. The second-order valence-electron chi connectivity index (χ2n) is 8.73. The average Bonchev–Trinajstić information content (AvgIpc) is 3.10. The fraction of sp³-hybridized carbons (Fsp3) is 0.231. The molecule has 1 N–H and O–H groups in total. The number of anilines is 1. The zero-order valence-electron chi connectivity index (χ0n) is 17.8. The van der Waals surface area contributed by atoms with E-state index in [0.717, 1.165) is 27.9 Å². The Morgan fingerprint density at radius 2 is 1.67 bits per heavy atom. The summed E-state index contributed by atoms with van der Waals surface area (Å²) in [5.74, 6) is 0.573. The molecule has 0 unspecified atom stereocenters. The number of fused-ring (bicyclic) bond motifs is 1. The minimum atomic E-state index is -0.113. The number of carbonyl (C=O) groups is 1. The molecule has 4 nitrogen and oxygen atoms in total. The van der Waals surface area contributed by atoms with Crippen molar-refractivity contribution < 1.29 is 9.21 Å². The Hall–Kier alpha value is -3.40. The Labute approximate surface area is 177 Å². The molecule has 3 aromatic carbocycles. The number of hydrogen-bond donors (Lipinski definition) is 1. The number of oxazole rings is 1. The van der Waals surface area contributed by atoms with Crippen molar-refractivity contribution in [3.8, 4) is 0 Å². The third kappa shape index (κ3) is 4.43. The minimum Gasteiger partial charge on any atom is -0.440 e. The lowest BCUT2D eigenvalue weighted by atomic mass is 9.87. The SMILES string of the molecule is Cc1ccc2oc(Cc3ccc(NC(=O)c4ccc(C(C)(C)C)cc4)cc3)nc2c1. The van der Waals surface area contributed by atoms with Crippen LogP contribution < -0.4 is 5.32 Å². The maximum Gasteiger partial charge on any atom is 0.255 e. The molecule has 1 aromatic heterocycles. The standard InChI is InChI=1S/C26H26N2O2/c1-17-5-14-23-22(15-17)28-24(30-23)16-18-6-12-21(13-7-18)27-25(29)19-8-10-20(11-9-19)26(2,3)4/h5-15H,16H2,1-4H3,(H,27,29). The fourth-order valence-electron chi connectivity index (χ4n) is 3.37. The molecule has 0 saturated heterocycles. The monoisotopic (exact) mass is 398 g/mol. The first kappa shape index (κ1) is 19.9. The van der Waals surface area contributed by atoms with Gasteiger partial charge >= 0.3 is 0 Å². The van der Waals surface area contributed by atoms with Gasteiger partial charge in [-0.2, -0.15) is 0 Å². The molecule has 30 heavy (non-hydrogen) atoms. The highest BCUT2D eigenvalue weighted by atomic mass is 16.3. The molecule has 152 valence electrons. The van der Waals surface area contributed by atoms with Crippen molar-refractivity contribution in [1.82, 2.24) is 4.98 Å². The molecule has 0 atom stereocenters. The quantitative estimate of drug-likeness (QED) is 0.440. The van der Waals surface area contributed by atoms with Gasteiger partial charge in [0.1, 0.15) is 5.52 Å². The van der Waals surface area contributed by atoms with Crippen LogP contribution in [0.3, 0.4) is 0 Å². The van der Waals surface area contributed by atoms with Crippen LogP contribution in [0, 0.1) is 6.92 Å². The van der Waals surface area contributed by atoms with Crippen molar-refractivity contribution in [2.24, 2.45) is 0 Å². The number of hydrogen-bond acceptors (Lipinski definition) is 3. The topological polar surface area (TPSA) is 55.1 Å². The summed E-state index contributed by atoms with van der Waals surface area (Å²) in [6, 6.07) is 21.6. The minimum absolute atomic E-state index is 0.0678. The Balaban J connectivity index is 1.42. The van der Waals surface area contributed by atoms with E-state index in [9.17, 15) is 4.79 Å². The Morgan fingerprint density at radius 3 is 2.33 bits per heavy atom. The Bertz CT molecular complexity index is 1180. The summed E-state index contributed by atoms with van der Waals surface area (Å²) in [7, 11) is 0. The van der Waals surface area contributed by atoms with Crippen LogP contribution in [0.15, 0.2) is 71.1 Å². The highest BCUT2D eigenvalue weighted by Gasteiger charge is 2.14. The largest absolute Gasteiger partial charge is 0.440 e. The van der Waals surface area contributed by atoms with Crippen molar-refractivity contribution in [2.75, 3.05) is 5.32 Å². The van der Waals surface area contributed by atoms with E-state index in [-0.39, 0.29) is 11.3 Å². The fourth-order valence-corrected chi connectivity index (χ4v) is 3.37. The first-order valence-corrected chi connectivity index (χ1v) is 10.1. The van der Waals surface area contributed by atoms with Crippen molar-refractivity contribution in [2.45, 2.75) is 39.5 Å². The van der Waals surface area contributed by atoms with Crippen molar-refractivity contribution in [1.29, 1.82) is 0 Å². The lowest BCUT2D eigenvalue weighted by molar-refractivity contribution is 0.102. The Kier molecular flexibility index (Phi) is 5.17. The molecular formula is C26H26N2O2. The molecule has 0 radical (unpaired) electrons. The lowest BCUT2D eigenvalue weighted by Gasteiger charge is -2.19. The molecule has 0 aliphatic rings. The summed E-state index contributed by atoms with van der Waals surface area (Å²) in [4.78, 5) is 17.1. The van der Waals surface area contributed by atoms with E-state index in [1.165, 1.54) is 5.56 Å². The number of aryl methyl sites for hydroxylation is 1. The van der Waals surface area contributed by atoms with Gasteiger partial charge in [0.25, 0.3) is 5.91 Å². The number of aromatic nitrogens is 1. The molecule has 0 aliphatic heterocycles. The molecule has 0 aliphatic carbocycles. The number of amides is 1. The number of nitrogens with one attached hydrogen (secondary N) is 1. The molecule has 4 heteroatoms. The van der Waals surface area contributed by atoms with Crippen LogP contribution >= 0.6 is 0 Å². The van der Waals surface area contributed by atoms with Gasteiger partial charge in [0.2, 0.25) is 0 Å². The third-order valence-corrected chi connectivity index (χ3v) is 5.17. The van der Waals surface area contributed by atoms with Crippen LogP contribution in [0.1, 0.15) is 53.7 Å². The van der Waals surface area contributed by atoms with Crippen LogP contribution in [-0.2, 0) is 11.8 Å². The van der Waals surface area contributed by atoms with Crippen LogP contribution in [0.2, 0.25) is 0 Å². The molecule has 4 aromatic rings. The van der Waals surface area contributed by atoms with Gasteiger partial charge in [-0.05, 0) is 65.4 Å². The normalized spacial score (nSPS) is 11.6. The zero-order valence-corrected chi connectivity index (χ0v) is 17.8. The van der Waals surface area contributed by atoms with Gasteiger partial charge in [0, 0.05) is 17.7 Å². The molecule has 0 fully saturated rings. The van der Waals surface area contributed by atoms with Crippen molar-refractivity contribution in [3.63, 3.8) is 0 Å². The summed E-state index contributed by atoms with van der Waals surface area (Å²) >= 11 is 0. The predicted octanol–water partition coefficient (Wildman–Crippen LogP) is 6.28. The first-order valence-electron chi connectivity index (χ1n) is 10.1. The van der Waals surface area contributed by atoms with E-state index >= 15 is 0 Å². The van der Waals surface area contributed by atoms with E-state index < -0.39 is 0 Å². The average molecular weight is 399 g/mol. The summed E-state index contributed by atoms with van der Waals surface area (Å²) in [5.41, 5.74) is 6.60. The smallest absolute Gasteiger partial charge is 0.255 e. The first-order chi connectivity index (χ1) is 14.3. The maximum absolute atomic E-state index is 12.5. The van der Waals surface area contributed by atoms with Crippen LogP contribution in [0.5, 0.6) is 0 Å². The number of rotatable bonds is 4. The van der Waals surface area contributed by atoms with Gasteiger partial charge in [-0.3, -0.25) is 4.79 Å². The third-order valence-electron chi connectivity index (χ3n) is 5.17. The summed E-state index contributed by atoms with van der Waals surface area (Å²) in [6.45, 7) is 8.52. The van der Waals surface area contributed by atoms with E-state index in [0.29, 0.717) is 17.9 Å². The highest BCUT2D eigenvalue weighted by molar-refractivity contribution is 6.04. The van der Waals surface area contributed by atoms with Gasteiger partial charge in [-0.25, -0.2) is 4.98 Å². The van der Waals surface area contributed by atoms with Gasteiger partial charge in [-0.15, -0.1) is 0 Å². The summed E-state index contributed by atoms with van der Waals surface area (Å²) in [6.07, 6.45) is 0.607. The van der Waals surface area contributed by atoms with Gasteiger partial charge in [-0.1, -0.05) is 51.1 Å². The molecule has 0 bridgehead atoms. The van der Waals surface area contributed by atoms with Gasteiger partial charge in [0.05, 0.1) is 0 Å². The second kappa shape index (κ2) is 7.79.